The van der Waals surface area contributed by atoms with Crippen molar-refractivity contribution in [3.63, 3.8) is 0 Å². The van der Waals surface area contributed by atoms with Gasteiger partial charge in [-0.2, -0.15) is 0 Å². The predicted molar refractivity (Wildman–Crippen MR) is 67.3 cm³/mol. The first-order valence-electron chi connectivity index (χ1n) is 5.64. The second kappa shape index (κ2) is 4.82. The predicted octanol–water partition coefficient (Wildman–Crippen LogP) is 2.77. The molecule has 1 saturated carbocycles. The van der Waals surface area contributed by atoms with Crippen molar-refractivity contribution in [3.8, 4) is 0 Å². The van der Waals surface area contributed by atoms with Crippen LogP contribution in [0.3, 0.4) is 0 Å². The van der Waals surface area contributed by atoms with E-state index in [-0.39, 0.29) is 5.41 Å². The van der Waals surface area contributed by atoms with E-state index in [9.17, 15) is 4.79 Å². The molecule has 1 aliphatic carbocycles. The van der Waals surface area contributed by atoms with Gasteiger partial charge in [-0.15, -0.1) is 0 Å². The Kier molecular flexibility index (Phi) is 3.58. The number of carbonyl (C=O) groups is 1. The molecule has 2 rings (SSSR count). The first kappa shape index (κ1) is 12.6. The summed E-state index contributed by atoms with van der Waals surface area (Å²) in [5.41, 5.74) is 0.596. The topological polar surface area (TPSA) is 51.5 Å². The van der Waals surface area contributed by atoms with E-state index in [4.69, 9.17) is 9.84 Å². The lowest BCUT2D eigenvalue weighted by Crippen LogP contribution is -2.17. The minimum atomic E-state index is -0.877. The highest BCUT2D eigenvalue weighted by atomic mass is 79.9. The summed E-state index contributed by atoms with van der Waals surface area (Å²) in [5.74, 6) is -0.877. The number of ether oxygens (including phenoxy) is 1. The first-order valence-corrected chi connectivity index (χ1v) is 6.43. The van der Waals surface area contributed by atoms with E-state index in [2.05, 4.69) is 15.9 Å². The summed E-state index contributed by atoms with van der Waals surface area (Å²) in [4.78, 5) is 11.1. The minimum Gasteiger partial charge on any atom is -0.477 e. The van der Waals surface area contributed by atoms with E-state index in [1.54, 1.807) is 13.2 Å². The number of carboxylic acids is 1. The Labute approximate surface area is 109 Å². The molecule has 0 bridgehead atoms. The fourth-order valence-electron chi connectivity index (χ4n) is 2.13. The van der Waals surface area contributed by atoms with Gasteiger partial charge >= 0.3 is 5.97 Å². The Hall–Kier alpha value is -0.810. The monoisotopic (exact) mass is 301 g/mol. The maximum Gasteiger partial charge on any atom is 0.352 e. The normalized spacial score (nSPS) is 17.1. The van der Waals surface area contributed by atoms with E-state index < -0.39 is 5.97 Å². The van der Waals surface area contributed by atoms with Gasteiger partial charge in [0.25, 0.3) is 0 Å². The Morgan fingerprint density at radius 3 is 2.88 bits per heavy atom. The molecule has 0 unspecified atom stereocenters. The molecule has 1 aromatic heterocycles. The molecule has 94 valence electrons. The molecule has 1 heterocycles. The largest absolute Gasteiger partial charge is 0.477 e. The van der Waals surface area contributed by atoms with Gasteiger partial charge in [0.2, 0.25) is 0 Å². The number of methoxy groups -OCH3 is 1. The van der Waals surface area contributed by atoms with Crippen LogP contribution in [-0.4, -0.2) is 29.4 Å². The zero-order valence-corrected chi connectivity index (χ0v) is 11.4. The van der Waals surface area contributed by atoms with Crippen molar-refractivity contribution in [2.24, 2.45) is 5.41 Å². The van der Waals surface area contributed by atoms with Crippen molar-refractivity contribution in [2.45, 2.75) is 25.8 Å². The Morgan fingerprint density at radius 1 is 1.65 bits per heavy atom. The summed E-state index contributed by atoms with van der Waals surface area (Å²) >= 11 is 3.32. The molecule has 0 atom stereocenters. The molecule has 0 saturated heterocycles. The lowest BCUT2D eigenvalue weighted by Gasteiger charge is -2.16. The van der Waals surface area contributed by atoms with Crippen molar-refractivity contribution in [2.75, 3.05) is 13.7 Å². The molecule has 0 amide bonds. The number of hydrogen-bond acceptors (Lipinski definition) is 2. The summed E-state index contributed by atoms with van der Waals surface area (Å²) in [7, 11) is 1.70. The number of halogens is 1. The quantitative estimate of drug-likeness (QED) is 0.879. The Balaban J connectivity index is 2.10. The summed E-state index contributed by atoms with van der Waals surface area (Å²) in [6.45, 7) is 1.51. The highest BCUT2D eigenvalue weighted by Crippen LogP contribution is 2.50. The van der Waals surface area contributed by atoms with E-state index in [0.29, 0.717) is 5.69 Å². The summed E-state index contributed by atoms with van der Waals surface area (Å²) < 4.78 is 7.75. The molecular formula is C12H16BrNO3. The van der Waals surface area contributed by atoms with Gasteiger partial charge in [0.15, 0.2) is 0 Å². The van der Waals surface area contributed by atoms with Crippen LogP contribution >= 0.6 is 15.9 Å². The fourth-order valence-corrected chi connectivity index (χ4v) is 2.59. The average Bonchev–Trinajstić information content (AvgIpc) is 2.92. The molecular weight excluding hydrogens is 286 g/mol. The maximum absolute atomic E-state index is 11.1. The summed E-state index contributed by atoms with van der Waals surface area (Å²) in [5, 5.41) is 9.11. The molecule has 5 heteroatoms. The van der Waals surface area contributed by atoms with Gasteiger partial charge in [-0.1, -0.05) is 0 Å². The molecule has 0 aromatic carbocycles. The van der Waals surface area contributed by atoms with Crippen LogP contribution in [0.1, 0.15) is 29.8 Å². The molecule has 0 spiro atoms. The lowest BCUT2D eigenvalue weighted by molar-refractivity contribution is 0.0683. The van der Waals surface area contributed by atoms with Crippen molar-refractivity contribution in [1.82, 2.24) is 4.57 Å². The highest BCUT2D eigenvalue weighted by Gasteiger charge is 2.42. The number of carboxylic acid groups (broad SMARTS) is 1. The molecule has 17 heavy (non-hydrogen) atoms. The highest BCUT2D eigenvalue weighted by molar-refractivity contribution is 9.10. The van der Waals surface area contributed by atoms with Gasteiger partial charge in [0.05, 0.1) is 0 Å². The van der Waals surface area contributed by atoms with Crippen LogP contribution in [0, 0.1) is 5.41 Å². The van der Waals surface area contributed by atoms with Crippen LogP contribution in [0.15, 0.2) is 16.7 Å². The SMILES string of the molecule is COCCC1(Cn2cc(Br)cc2C(=O)O)CC1. The van der Waals surface area contributed by atoms with Gasteiger partial charge < -0.3 is 14.4 Å². The Morgan fingerprint density at radius 2 is 2.35 bits per heavy atom. The molecule has 1 aromatic rings. The molecule has 4 nitrogen and oxygen atoms in total. The van der Waals surface area contributed by atoms with E-state index in [1.165, 1.54) is 0 Å². The first-order chi connectivity index (χ1) is 8.06. The van der Waals surface area contributed by atoms with Crippen molar-refractivity contribution >= 4 is 21.9 Å². The minimum absolute atomic E-state index is 0.249. The smallest absolute Gasteiger partial charge is 0.352 e. The van der Waals surface area contributed by atoms with E-state index >= 15 is 0 Å². The number of rotatable bonds is 6. The third-order valence-corrected chi connectivity index (χ3v) is 3.82. The lowest BCUT2D eigenvalue weighted by atomic mass is 10.0. The van der Waals surface area contributed by atoms with Crippen molar-refractivity contribution in [1.29, 1.82) is 0 Å². The zero-order chi connectivity index (χ0) is 12.5. The van der Waals surface area contributed by atoms with Gasteiger partial charge in [-0.25, -0.2) is 4.79 Å². The van der Waals surface area contributed by atoms with Gasteiger partial charge in [-0.3, -0.25) is 0 Å². The van der Waals surface area contributed by atoms with Crippen LogP contribution in [0.2, 0.25) is 0 Å². The van der Waals surface area contributed by atoms with Crippen molar-refractivity contribution in [3.05, 3.63) is 22.4 Å². The second-order valence-corrected chi connectivity index (χ2v) is 5.64. The standard InChI is InChI=1S/C12H16BrNO3/c1-17-5-4-12(2-3-12)8-14-7-9(13)6-10(14)11(15)16/h6-7H,2-5,8H2,1H3,(H,15,16). The summed E-state index contributed by atoms with van der Waals surface area (Å²) in [6.07, 6.45) is 5.16. The molecule has 1 fully saturated rings. The second-order valence-electron chi connectivity index (χ2n) is 4.72. The van der Waals surface area contributed by atoms with Gasteiger partial charge in [0, 0.05) is 30.9 Å². The average molecular weight is 302 g/mol. The third-order valence-electron chi connectivity index (χ3n) is 3.38. The zero-order valence-electron chi connectivity index (χ0n) is 9.78. The number of nitrogens with zero attached hydrogens (tertiary/aromatic N) is 1. The van der Waals surface area contributed by atoms with Crippen LogP contribution in [0.5, 0.6) is 0 Å². The van der Waals surface area contributed by atoms with E-state index in [1.807, 2.05) is 10.8 Å². The van der Waals surface area contributed by atoms with Crippen LogP contribution in [0.25, 0.3) is 0 Å². The Bertz CT molecular complexity index is 423. The van der Waals surface area contributed by atoms with Crippen LogP contribution in [-0.2, 0) is 11.3 Å². The fraction of sp³-hybridized carbons (Fsp3) is 0.583. The van der Waals surface area contributed by atoms with Crippen molar-refractivity contribution < 1.29 is 14.6 Å². The van der Waals surface area contributed by atoms with Gasteiger partial charge in [0.1, 0.15) is 5.69 Å². The molecule has 0 radical (unpaired) electrons. The van der Waals surface area contributed by atoms with Gasteiger partial charge in [-0.05, 0) is 46.7 Å². The third kappa shape index (κ3) is 2.90. The molecule has 1 N–H and O–H groups in total. The number of aromatic carboxylic acids is 1. The van der Waals surface area contributed by atoms with Crippen LogP contribution < -0.4 is 0 Å². The molecule has 1 aliphatic rings. The van der Waals surface area contributed by atoms with E-state index in [0.717, 1.165) is 36.9 Å². The maximum atomic E-state index is 11.1. The number of aromatic nitrogens is 1. The number of hydrogen-bond donors (Lipinski definition) is 1. The van der Waals surface area contributed by atoms with Crippen LogP contribution in [0.4, 0.5) is 0 Å². The summed E-state index contributed by atoms with van der Waals surface area (Å²) in [6, 6.07) is 1.65. The molecule has 0 aliphatic heterocycles.